The molecule has 1 heterocycles. The quantitative estimate of drug-likeness (QED) is 0.667. The normalized spacial score (nSPS) is 10.6. The van der Waals surface area contributed by atoms with E-state index in [0.717, 1.165) is 28.2 Å². The van der Waals surface area contributed by atoms with Crippen molar-refractivity contribution in [3.8, 4) is 5.69 Å². The van der Waals surface area contributed by atoms with Gasteiger partial charge in [-0.15, -0.1) is 0 Å². The third-order valence-electron chi connectivity index (χ3n) is 4.76. The predicted octanol–water partition coefficient (Wildman–Crippen LogP) is 4.51. The maximum absolute atomic E-state index is 12.2. The number of anilines is 1. The van der Waals surface area contributed by atoms with Gasteiger partial charge in [0, 0.05) is 22.8 Å². The van der Waals surface area contributed by atoms with Gasteiger partial charge >= 0.3 is 5.97 Å². The molecule has 1 N–H and O–H groups in total. The van der Waals surface area contributed by atoms with E-state index in [2.05, 4.69) is 9.88 Å². The lowest BCUT2D eigenvalue weighted by atomic mass is 10.1. The SMILES string of the molecule is Cc1ccc(NC(=O)COC(=O)c2ccc(-n3c(C)ccc3C)cc2)cc1C. The Balaban J connectivity index is 1.58. The van der Waals surface area contributed by atoms with Crippen LogP contribution >= 0.6 is 0 Å². The summed E-state index contributed by atoms with van der Waals surface area (Å²) in [6.07, 6.45) is 0. The zero-order valence-corrected chi connectivity index (χ0v) is 16.6. The lowest BCUT2D eigenvalue weighted by Gasteiger charge is -2.11. The molecule has 0 unspecified atom stereocenters. The molecule has 5 heteroatoms. The van der Waals surface area contributed by atoms with Crippen molar-refractivity contribution in [2.75, 3.05) is 11.9 Å². The smallest absolute Gasteiger partial charge is 0.338 e. The van der Waals surface area contributed by atoms with E-state index in [4.69, 9.17) is 4.74 Å². The van der Waals surface area contributed by atoms with Crippen molar-refractivity contribution in [1.29, 1.82) is 0 Å². The first-order chi connectivity index (χ1) is 13.3. The minimum absolute atomic E-state index is 0.330. The van der Waals surface area contributed by atoms with Crippen LogP contribution in [0.15, 0.2) is 54.6 Å². The summed E-state index contributed by atoms with van der Waals surface area (Å²) in [6, 6.07) is 16.9. The molecule has 3 rings (SSSR count). The Morgan fingerprint density at radius 3 is 2.11 bits per heavy atom. The van der Waals surface area contributed by atoms with Gasteiger partial charge in [-0.25, -0.2) is 4.79 Å². The van der Waals surface area contributed by atoms with Gasteiger partial charge in [0.2, 0.25) is 0 Å². The summed E-state index contributed by atoms with van der Waals surface area (Å²) in [5.74, 6) is -0.894. The van der Waals surface area contributed by atoms with Crippen LogP contribution in [0.1, 0.15) is 32.9 Å². The molecule has 0 fully saturated rings. The van der Waals surface area contributed by atoms with Crippen LogP contribution in [0.4, 0.5) is 5.69 Å². The van der Waals surface area contributed by atoms with Crippen molar-refractivity contribution in [2.24, 2.45) is 0 Å². The first kappa shape index (κ1) is 19.4. The number of nitrogens with one attached hydrogen (secondary N) is 1. The second-order valence-electron chi connectivity index (χ2n) is 6.92. The van der Waals surface area contributed by atoms with E-state index in [0.29, 0.717) is 11.3 Å². The standard InChI is InChI=1S/C23H24N2O3/c1-15-5-10-20(13-16(15)2)24-22(26)14-28-23(27)19-8-11-21(12-9-19)25-17(3)6-7-18(25)4/h5-13H,14H2,1-4H3,(H,24,26). The maximum Gasteiger partial charge on any atom is 0.338 e. The fraction of sp³-hybridized carbons (Fsp3) is 0.217. The number of esters is 1. The molecule has 2 aromatic carbocycles. The third-order valence-corrected chi connectivity index (χ3v) is 4.76. The van der Waals surface area contributed by atoms with Gasteiger partial charge in [-0.2, -0.15) is 0 Å². The van der Waals surface area contributed by atoms with Crippen molar-refractivity contribution in [2.45, 2.75) is 27.7 Å². The van der Waals surface area contributed by atoms with E-state index in [1.807, 2.05) is 70.2 Å². The Bertz CT molecular complexity index is 997. The number of aromatic nitrogens is 1. The largest absolute Gasteiger partial charge is 0.452 e. The van der Waals surface area contributed by atoms with E-state index >= 15 is 0 Å². The van der Waals surface area contributed by atoms with Gasteiger partial charge in [-0.1, -0.05) is 6.07 Å². The molecular formula is C23H24N2O3. The highest BCUT2D eigenvalue weighted by Gasteiger charge is 2.12. The van der Waals surface area contributed by atoms with E-state index < -0.39 is 5.97 Å². The average molecular weight is 376 g/mol. The summed E-state index contributed by atoms with van der Waals surface area (Å²) in [7, 11) is 0. The molecule has 0 saturated heterocycles. The summed E-state index contributed by atoms with van der Waals surface area (Å²) < 4.78 is 7.24. The molecule has 0 saturated carbocycles. The summed E-state index contributed by atoms with van der Waals surface area (Å²) in [6.45, 7) is 7.72. The van der Waals surface area contributed by atoms with Crippen molar-refractivity contribution in [3.05, 3.63) is 82.7 Å². The van der Waals surface area contributed by atoms with Gasteiger partial charge in [0.15, 0.2) is 6.61 Å². The monoisotopic (exact) mass is 376 g/mol. The molecule has 0 atom stereocenters. The fourth-order valence-electron chi connectivity index (χ4n) is 3.05. The van der Waals surface area contributed by atoms with Crippen molar-refractivity contribution in [1.82, 2.24) is 4.57 Å². The van der Waals surface area contributed by atoms with Gasteiger partial charge in [-0.3, -0.25) is 4.79 Å². The van der Waals surface area contributed by atoms with E-state index in [1.165, 1.54) is 0 Å². The Labute approximate surface area is 165 Å². The maximum atomic E-state index is 12.2. The van der Waals surface area contributed by atoms with Gasteiger partial charge in [0.05, 0.1) is 5.56 Å². The molecular weight excluding hydrogens is 352 g/mol. The summed E-state index contributed by atoms with van der Waals surface area (Å²) >= 11 is 0. The number of hydrogen-bond acceptors (Lipinski definition) is 3. The molecule has 5 nitrogen and oxygen atoms in total. The third kappa shape index (κ3) is 4.31. The van der Waals surface area contributed by atoms with Crippen molar-refractivity contribution < 1.29 is 14.3 Å². The number of hydrogen-bond donors (Lipinski definition) is 1. The number of amides is 1. The molecule has 144 valence electrons. The second kappa shape index (κ2) is 8.13. The van der Waals surface area contributed by atoms with Crippen LogP contribution in [0.5, 0.6) is 0 Å². The second-order valence-corrected chi connectivity index (χ2v) is 6.92. The van der Waals surface area contributed by atoms with Crippen LogP contribution in [0.2, 0.25) is 0 Å². The zero-order chi connectivity index (χ0) is 20.3. The van der Waals surface area contributed by atoms with Gasteiger partial charge in [0.1, 0.15) is 0 Å². The minimum Gasteiger partial charge on any atom is -0.452 e. The first-order valence-electron chi connectivity index (χ1n) is 9.15. The fourth-order valence-corrected chi connectivity index (χ4v) is 3.05. The Hall–Kier alpha value is -3.34. The van der Waals surface area contributed by atoms with Gasteiger partial charge in [0.25, 0.3) is 5.91 Å². The van der Waals surface area contributed by atoms with Crippen molar-refractivity contribution >= 4 is 17.6 Å². The number of aryl methyl sites for hydroxylation is 4. The number of carbonyl (C=O) groups is 2. The van der Waals surface area contributed by atoms with Crippen LogP contribution in [-0.2, 0) is 9.53 Å². The summed E-state index contributed by atoms with van der Waals surface area (Å²) in [4.78, 5) is 24.3. The summed E-state index contributed by atoms with van der Waals surface area (Å²) in [5, 5.41) is 2.74. The lowest BCUT2D eigenvalue weighted by molar-refractivity contribution is -0.119. The van der Waals surface area contributed by atoms with E-state index in [1.54, 1.807) is 12.1 Å². The Kier molecular flexibility index (Phi) is 5.64. The number of nitrogens with zero attached hydrogens (tertiary/aromatic N) is 1. The molecule has 3 aromatic rings. The molecule has 1 amide bonds. The average Bonchev–Trinajstić information content (AvgIpc) is 3.01. The predicted molar refractivity (Wildman–Crippen MR) is 110 cm³/mol. The van der Waals surface area contributed by atoms with Crippen LogP contribution in [0, 0.1) is 27.7 Å². The highest BCUT2D eigenvalue weighted by atomic mass is 16.5. The van der Waals surface area contributed by atoms with Crippen LogP contribution < -0.4 is 5.32 Å². The van der Waals surface area contributed by atoms with Gasteiger partial charge < -0.3 is 14.6 Å². The van der Waals surface area contributed by atoms with Crippen LogP contribution in [0.25, 0.3) is 5.69 Å². The van der Waals surface area contributed by atoms with Crippen LogP contribution in [-0.4, -0.2) is 23.1 Å². The highest BCUT2D eigenvalue weighted by molar-refractivity contribution is 5.95. The molecule has 0 spiro atoms. The Morgan fingerprint density at radius 1 is 0.857 bits per heavy atom. The van der Waals surface area contributed by atoms with Gasteiger partial charge in [-0.05, 0) is 87.4 Å². The number of ether oxygens (including phenoxy) is 1. The topological polar surface area (TPSA) is 60.3 Å². The molecule has 28 heavy (non-hydrogen) atoms. The number of rotatable bonds is 5. The van der Waals surface area contributed by atoms with Crippen molar-refractivity contribution in [3.63, 3.8) is 0 Å². The first-order valence-corrected chi connectivity index (χ1v) is 9.15. The zero-order valence-electron chi connectivity index (χ0n) is 16.6. The highest BCUT2D eigenvalue weighted by Crippen LogP contribution is 2.17. The molecule has 1 aromatic heterocycles. The molecule has 0 aliphatic carbocycles. The number of carbonyl (C=O) groups excluding carboxylic acids is 2. The molecule has 0 aliphatic heterocycles. The summed E-state index contributed by atoms with van der Waals surface area (Å²) in [5.41, 5.74) is 6.55. The van der Waals surface area contributed by atoms with E-state index in [9.17, 15) is 9.59 Å². The molecule has 0 radical (unpaired) electrons. The van der Waals surface area contributed by atoms with E-state index in [-0.39, 0.29) is 12.5 Å². The Morgan fingerprint density at radius 2 is 1.50 bits per heavy atom. The lowest BCUT2D eigenvalue weighted by Crippen LogP contribution is -2.21. The van der Waals surface area contributed by atoms with Crippen LogP contribution in [0.3, 0.4) is 0 Å². The number of benzene rings is 2. The molecule has 0 aliphatic rings. The minimum atomic E-state index is -0.525. The molecule has 0 bridgehead atoms.